The Hall–Kier alpha value is -1.49. The third-order valence-corrected chi connectivity index (χ3v) is 4.43. The Morgan fingerprint density at radius 3 is 2.41 bits per heavy atom. The van der Waals surface area contributed by atoms with E-state index in [1.54, 1.807) is 6.07 Å². The molecule has 22 heavy (non-hydrogen) atoms. The van der Waals surface area contributed by atoms with E-state index in [1.807, 2.05) is 23.8 Å². The van der Waals surface area contributed by atoms with Crippen LogP contribution >= 0.6 is 0 Å². The maximum Gasteiger partial charge on any atom is 0.236 e. The van der Waals surface area contributed by atoms with Gasteiger partial charge in [0, 0.05) is 19.1 Å². The largest absolute Gasteiger partial charge is 0.342 e. The number of likely N-dealkylation sites (tertiary alicyclic amines) is 1. The summed E-state index contributed by atoms with van der Waals surface area (Å²) in [5.41, 5.74) is 0.671. The molecule has 0 aromatic heterocycles. The number of carbonyl (C=O) groups is 1. The van der Waals surface area contributed by atoms with Crippen molar-refractivity contribution in [3.05, 3.63) is 35.4 Å². The third kappa shape index (κ3) is 4.26. The zero-order valence-electron chi connectivity index (χ0n) is 13.3. The summed E-state index contributed by atoms with van der Waals surface area (Å²) in [5.74, 6) is -1.59. The van der Waals surface area contributed by atoms with Crippen molar-refractivity contribution in [3.63, 3.8) is 0 Å². The van der Waals surface area contributed by atoms with Crippen molar-refractivity contribution in [2.24, 2.45) is 0 Å². The van der Waals surface area contributed by atoms with Crippen LogP contribution in [-0.4, -0.2) is 42.4 Å². The molecule has 1 aliphatic rings. The quantitative estimate of drug-likeness (QED) is 0.851. The van der Waals surface area contributed by atoms with Gasteiger partial charge in [0.1, 0.15) is 0 Å². The van der Waals surface area contributed by atoms with Crippen LogP contribution in [0, 0.1) is 11.6 Å². The second-order valence-corrected chi connectivity index (χ2v) is 6.06. The van der Waals surface area contributed by atoms with Gasteiger partial charge in [-0.15, -0.1) is 0 Å². The van der Waals surface area contributed by atoms with Gasteiger partial charge in [-0.1, -0.05) is 18.9 Å². The van der Waals surface area contributed by atoms with Crippen molar-refractivity contribution in [2.45, 2.75) is 38.6 Å². The summed E-state index contributed by atoms with van der Waals surface area (Å²) in [6.45, 7) is 3.83. The topological polar surface area (TPSA) is 23.6 Å². The zero-order valence-corrected chi connectivity index (χ0v) is 13.3. The molecular weight excluding hydrogens is 286 g/mol. The summed E-state index contributed by atoms with van der Waals surface area (Å²) < 4.78 is 26.3. The summed E-state index contributed by atoms with van der Waals surface area (Å²) in [5, 5.41) is 0. The molecule has 0 radical (unpaired) electrons. The number of nitrogens with zero attached hydrogens (tertiary/aromatic N) is 2. The zero-order chi connectivity index (χ0) is 16.1. The van der Waals surface area contributed by atoms with Crippen LogP contribution in [0.2, 0.25) is 0 Å². The van der Waals surface area contributed by atoms with Gasteiger partial charge in [0.15, 0.2) is 11.6 Å². The van der Waals surface area contributed by atoms with Gasteiger partial charge >= 0.3 is 0 Å². The van der Waals surface area contributed by atoms with Gasteiger partial charge in [-0.2, -0.15) is 0 Å². The molecule has 0 saturated carbocycles. The van der Waals surface area contributed by atoms with Crippen LogP contribution < -0.4 is 0 Å². The molecule has 2 rings (SSSR count). The first-order valence-corrected chi connectivity index (χ1v) is 7.92. The minimum Gasteiger partial charge on any atom is -0.342 e. The van der Waals surface area contributed by atoms with Crippen molar-refractivity contribution in [3.8, 4) is 0 Å². The predicted octanol–water partition coefficient (Wildman–Crippen LogP) is 3.36. The molecule has 0 spiro atoms. The number of amides is 1. The average molecular weight is 310 g/mol. The van der Waals surface area contributed by atoms with Crippen LogP contribution in [0.4, 0.5) is 8.78 Å². The smallest absolute Gasteiger partial charge is 0.236 e. The van der Waals surface area contributed by atoms with Crippen molar-refractivity contribution >= 4 is 5.91 Å². The van der Waals surface area contributed by atoms with Crippen molar-refractivity contribution in [2.75, 3.05) is 26.7 Å². The van der Waals surface area contributed by atoms with Crippen LogP contribution in [0.15, 0.2) is 18.2 Å². The molecule has 0 aliphatic carbocycles. The molecule has 1 amide bonds. The van der Waals surface area contributed by atoms with Gasteiger partial charge in [0.25, 0.3) is 0 Å². The van der Waals surface area contributed by atoms with Gasteiger partial charge < -0.3 is 4.90 Å². The van der Waals surface area contributed by atoms with E-state index in [0.29, 0.717) is 12.1 Å². The number of likely N-dealkylation sites (N-methyl/N-ethyl adjacent to an activating group) is 1. The van der Waals surface area contributed by atoms with E-state index in [2.05, 4.69) is 0 Å². The Morgan fingerprint density at radius 1 is 1.18 bits per heavy atom. The number of halogens is 2. The number of hydrogen-bond acceptors (Lipinski definition) is 2. The minimum atomic E-state index is -0.850. The summed E-state index contributed by atoms with van der Waals surface area (Å²) in [7, 11) is 1.83. The van der Waals surface area contributed by atoms with E-state index in [1.165, 1.54) is 18.9 Å². The normalized spacial score (nSPS) is 17.4. The molecule has 1 aromatic carbocycles. The Labute approximate surface area is 130 Å². The van der Waals surface area contributed by atoms with Crippen molar-refractivity contribution in [1.29, 1.82) is 0 Å². The van der Waals surface area contributed by atoms with Gasteiger partial charge in [0.2, 0.25) is 5.91 Å². The highest BCUT2D eigenvalue weighted by atomic mass is 19.2. The maximum absolute atomic E-state index is 13.3. The molecular formula is C17H24F2N2O. The van der Waals surface area contributed by atoms with Gasteiger partial charge in [0.05, 0.1) is 6.54 Å². The molecule has 3 nitrogen and oxygen atoms in total. The number of carbonyl (C=O) groups excluding carboxylic acids is 1. The van der Waals surface area contributed by atoms with Crippen LogP contribution in [0.3, 0.4) is 0 Å². The fourth-order valence-electron chi connectivity index (χ4n) is 2.80. The first kappa shape index (κ1) is 16.9. The number of hydrogen-bond donors (Lipinski definition) is 0. The molecule has 1 fully saturated rings. The highest BCUT2D eigenvalue weighted by Gasteiger charge is 2.20. The molecule has 1 unspecified atom stereocenters. The molecule has 1 heterocycles. The summed E-state index contributed by atoms with van der Waals surface area (Å²) in [4.78, 5) is 16.2. The fourth-order valence-corrected chi connectivity index (χ4v) is 2.80. The van der Waals surface area contributed by atoms with Gasteiger partial charge in [-0.3, -0.25) is 9.69 Å². The predicted molar refractivity (Wildman–Crippen MR) is 82.5 cm³/mol. The summed E-state index contributed by atoms with van der Waals surface area (Å²) in [6, 6.07) is 3.75. The average Bonchev–Trinajstić information content (AvgIpc) is 2.78. The molecule has 1 saturated heterocycles. The van der Waals surface area contributed by atoms with Crippen LogP contribution in [0.5, 0.6) is 0 Å². The lowest BCUT2D eigenvalue weighted by Gasteiger charge is -2.28. The SMILES string of the molecule is CC(c1ccc(F)c(F)c1)N(C)CC(=O)N1CCCCCC1. The molecule has 122 valence electrons. The lowest BCUT2D eigenvalue weighted by molar-refractivity contribution is -0.132. The highest BCUT2D eigenvalue weighted by Crippen LogP contribution is 2.21. The Morgan fingerprint density at radius 2 is 1.82 bits per heavy atom. The minimum absolute atomic E-state index is 0.110. The van der Waals surface area contributed by atoms with Crippen LogP contribution in [0.25, 0.3) is 0 Å². The van der Waals surface area contributed by atoms with E-state index in [4.69, 9.17) is 0 Å². The van der Waals surface area contributed by atoms with Crippen molar-refractivity contribution in [1.82, 2.24) is 9.80 Å². The first-order chi connectivity index (χ1) is 10.5. The van der Waals surface area contributed by atoms with E-state index in [0.717, 1.165) is 32.0 Å². The highest BCUT2D eigenvalue weighted by molar-refractivity contribution is 5.78. The third-order valence-electron chi connectivity index (χ3n) is 4.43. The number of rotatable bonds is 4. The monoisotopic (exact) mass is 310 g/mol. The van der Waals surface area contributed by atoms with E-state index >= 15 is 0 Å². The van der Waals surface area contributed by atoms with Gasteiger partial charge in [-0.25, -0.2) is 8.78 Å². The molecule has 0 bridgehead atoms. The first-order valence-electron chi connectivity index (χ1n) is 7.92. The van der Waals surface area contributed by atoms with E-state index < -0.39 is 11.6 Å². The molecule has 1 aromatic rings. The standard InChI is InChI=1S/C17H24F2N2O/c1-13(14-7-8-15(18)16(19)11-14)20(2)12-17(22)21-9-5-3-4-6-10-21/h7-8,11,13H,3-6,9-10,12H2,1-2H3. The Kier molecular flexibility index (Phi) is 5.89. The molecule has 1 atom stereocenters. The Bertz CT molecular complexity index is 513. The second kappa shape index (κ2) is 7.68. The number of benzene rings is 1. The Balaban J connectivity index is 1.96. The molecule has 5 heteroatoms. The fraction of sp³-hybridized carbons (Fsp3) is 0.588. The van der Waals surface area contributed by atoms with E-state index in [-0.39, 0.29) is 11.9 Å². The second-order valence-electron chi connectivity index (χ2n) is 6.06. The summed E-state index contributed by atoms with van der Waals surface area (Å²) >= 11 is 0. The lowest BCUT2D eigenvalue weighted by atomic mass is 10.1. The van der Waals surface area contributed by atoms with Gasteiger partial charge in [-0.05, 0) is 44.5 Å². The van der Waals surface area contributed by atoms with Crippen molar-refractivity contribution < 1.29 is 13.6 Å². The van der Waals surface area contributed by atoms with E-state index in [9.17, 15) is 13.6 Å². The van der Waals surface area contributed by atoms with Crippen LogP contribution in [-0.2, 0) is 4.79 Å². The molecule has 1 aliphatic heterocycles. The van der Waals surface area contributed by atoms with Crippen LogP contribution in [0.1, 0.15) is 44.2 Å². The lowest BCUT2D eigenvalue weighted by Crippen LogP contribution is -2.40. The summed E-state index contributed by atoms with van der Waals surface area (Å²) in [6.07, 6.45) is 4.50. The maximum atomic E-state index is 13.3. The molecule has 0 N–H and O–H groups in total.